The van der Waals surface area contributed by atoms with E-state index in [4.69, 9.17) is 28.4 Å². The van der Waals surface area contributed by atoms with Crippen molar-refractivity contribution in [3.8, 4) is 0 Å². The van der Waals surface area contributed by atoms with Gasteiger partial charge in [0.1, 0.15) is 30.0 Å². The van der Waals surface area contributed by atoms with E-state index < -0.39 is 96.0 Å². The Kier molecular flexibility index (Phi) is 15.6. The summed E-state index contributed by atoms with van der Waals surface area (Å²) in [5.74, 6) is -2.58. The van der Waals surface area contributed by atoms with Crippen LogP contribution < -0.4 is 0 Å². The van der Waals surface area contributed by atoms with Crippen molar-refractivity contribution in [1.82, 2.24) is 9.80 Å². The van der Waals surface area contributed by atoms with Crippen LogP contribution in [-0.4, -0.2) is 166 Å². The zero-order valence-corrected chi connectivity index (χ0v) is 34.2. The second-order valence-corrected chi connectivity index (χ2v) is 17.2. The first-order chi connectivity index (χ1) is 23.9. The lowest BCUT2D eigenvalue weighted by molar-refractivity contribution is -0.318. The average Bonchev–Trinajstić information content (AvgIpc) is 3.05. The molecule has 14 nitrogen and oxygen atoms in total. The van der Waals surface area contributed by atoms with Gasteiger partial charge >= 0.3 is 5.97 Å². The predicted molar refractivity (Wildman–Crippen MR) is 194 cm³/mol. The summed E-state index contributed by atoms with van der Waals surface area (Å²) in [4.78, 5) is 18.0. The van der Waals surface area contributed by atoms with E-state index >= 15 is 0 Å². The number of hydrogen-bond donors (Lipinski definition) is 5. The zero-order valence-electron chi connectivity index (χ0n) is 34.2. The lowest BCUT2D eigenvalue weighted by atomic mass is 9.77. The van der Waals surface area contributed by atoms with Crippen LogP contribution in [0.25, 0.3) is 0 Å². The molecule has 0 aromatic carbocycles. The Morgan fingerprint density at radius 3 is 2.12 bits per heavy atom. The molecule has 0 aromatic heterocycles. The van der Waals surface area contributed by atoms with E-state index in [1.54, 1.807) is 41.5 Å². The Labute approximate surface area is 312 Å². The molecule has 3 aliphatic heterocycles. The van der Waals surface area contributed by atoms with Crippen molar-refractivity contribution in [2.24, 2.45) is 17.8 Å². The lowest BCUT2D eigenvalue weighted by Gasteiger charge is -2.48. The summed E-state index contributed by atoms with van der Waals surface area (Å²) < 4.78 is 37.5. The van der Waals surface area contributed by atoms with Crippen LogP contribution in [-0.2, 0) is 33.2 Å². The number of esters is 1. The number of aliphatic hydroxyl groups excluding tert-OH is 3. The van der Waals surface area contributed by atoms with Gasteiger partial charge in [-0.1, -0.05) is 20.8 Å². The van der Waals surface area contributed by atoms with E-state index in [9.17, 15) is 30.3 Å². The third-order valence-electron chi connectivity index (χ3n) is 12.2. The van der Waals surface area contributed by atoms with E-state index in [1.807, 2.05) is 51.7 Å². The fourth-order valence-electron chi connectivity index (χ4n) is 8.74. The van der Waals surface area contributed by atoms with Gasteiger partial charge in [0.25, 0.3) is 0 Å². The quantitative estimate of drug-likeness (QED) is 0.238. The number of likely N-dealkylation sites (N-methyl/N-ethyl adjacent to an activating group) is 2. The third-order valence-corrected chi connectivity index (χ3v) is 12.2. The van der Waals surface area contributed by atoms with Gasteiger partial charge in [0.05, 0.1) is 41.5 Å². The Hall–Kier alpha value is -1.01. The number of rotatable bonds is 7. The van der Waals surface area contributed by atoms with E-state index in [0.717, 1.165) is 0 Å². The standard InChI is InChI=1S/C38H72N2O12/c1-15-27-38(10,46)31(42)24(6)40(13)19-20(2)17-36(8,45)33(52-35-29(41)26(39(11)12)16-21(3)48-35)22(4)30(23(5)34(44)50-27)51-28-18-37(9,47-14)32(43)25(7)49-28/h20-33,35,41-43,45-46H,15-19H2,1-14H3/t20-,21?,22+,23-,24-,25?,26?,27-,28?,29?,30+,31-,32?,33-,35?,36-,37?,38-/m1/s1. The summed E-state index contributed by atoms with van der Waals surface area (Å²) in [6.45, 7) is 18.0. The molecular weight excluding hydrogens is 676 g/mol. The number of cyclic esters (lactones) is 1. The molecule has 5 N–H and O–H groups in total. The molecular formula is C38H72N2O12. The van der Waals surface area contributed by atoms with Crippen molar-refractivity contribution in [3.63, 3.8) is 0 Å². The minimum Gasteiger partial charge on any atom is -0.459 e. The van der Waals surface area contributed by atoms with Gasteiger partial charge in [-0.25, -0.2) is 0 Å². The fraction of sp³-hybridized carbons (Fsp3) is 0.974. The van der Waals surface area contributed by atoms with Gasteiger partial charge in [0, 0.05) is 38.1 Å². The lowest BCUT2D eigenvalue weighted by Crippen LogP contribution is -2.60. The minimum absolute atomic E-state index is 0.133. The summed E-state index contributed by atoms with van der Waals surface area (Å²) in [7, 11) is 7.12. The van der Waals surface area contributed by atoms with Gasteiger partial charge in [-0.3, -0.25) is 4.79 Å². The van der Waals surface area contributed by atoms with E-state index in [2.05, 4.69) is 0 Å². The van der Waals surface area contributed by atoms with Crippen LogP contribution in [0.1, 0.15) is 94.9 Å². The monoisotopic (exact) mass is 749 g/mol. The first kappa shape index (κ1) is 45.4. The average molecular weight is 749 g/mol. The minimum atomic E-state index is -1.80. The highest BCUT2D eigenvalue weighted by molar-refractivity contribution is 5.73. The van der Waals surface area contributed by atoms with Crippen molar-refractivity contribution in [3.05, 3.63) is 0 Å². The molecule has 18 atom stereocenters. The maximum atomic E-state index is 14.2. The van der Waals surface area contributed by atoms with Gasteiger partial charge < -0.3 is 63.8 Å². The van der Waals surface area contributed by atoms with E-state index in [0.29, 0.717) is 13.0 Å². The Balaban J connectivity index is 2.17. The molecule has 0 spiro atoms. The van der Waals surface area contributed by atoms with Crippen LogP contribution in [0, 0.1) is 17.8 Å². The van der Waals surface area contributed by atoms with Gasteiger partial charge in [-0.15, -0.1) is 0 Å². The SMILES string of the molecule is CC[C@H]1OC(=O)[C@H](C)[C@@H](OC2CC(C)(OC)C(O)C(C)O2)[C@H](C)[C@@H](OC2OC(C)CC(N(C)C)C2O)[C@](C)(O)C[C@@H](C)CN(C)[C@H](C)[C@@H](O)[C@]1(C)O. The number of hydrogen-bond acceptors (Lipinski definition) is 14. The van der Waals surface area contributed by atoms with Crippen LogP contribution >= 0.6 is 0 Å². The second-order valence-electron chi connectivity index (χ2n) is 17.2. The Morgan fingerprint density at radius 1 is 0.942 bits per heavy atom. The molecule has 0 bridgehead atoms. The topological polar surface area (TPSA) is 180 Å². The maximum Gasteiger partial charge on any atom is 0.311 e. The second kappa shape index (κ2) is 17.8. The number of carbonyl (C=O) groups excluding carboxylic acids is 1. The normalized spacial score (nSPS) is 49.6. The summed E-state index contributed by atoms with van der Waals surface area (Å²) >= 11 is 0. The van der Waals surface area contributed by atoms with Crippen LogP contribution in [0.5, 0.6) is 0 Å². The summed E-state index contributed by atoms with van der Waals surface area (Å²) in [6.07, 6.45) is -8.19. The van der Waals surface area contributed by atoms with Crippen LogP contribution in [0.4, 0.5) is 0 Å². The van der Waals surface area contributed by atoms with Gasteiger partial charge in [0.15, 0.2) is 12.6 Å². The number of ether oxygens (including phenoxy) is 6. The first-order valence-electron chi connectivity index (χ1n) is 19.1. The molecule has 8 unspecified atom stereocenters. The maximum absolute atomic E-state index is 14.2. The molecule has 3 fully saturated rings. The highest BCUT2D eigenvalue weighted by atomic mass is 16.7. The zero-order chi connectivity index (χ0) is 39.7. The molecule has 0 aliphatic carbocycles. The molecule has 306 valence electrons. The molecule has 3 heterocycles. The van der Waals surface area contributed by atoms with Gasteiger partial charge in [-0.05, 0) is 94.8 Å². The molecule has 0 saturated carbocycles. The number of nitrogens with zero attached hydrogens (tertiary/aromatic N) is 2. The van der Waals surface area contributed by atoms with Crippen molar-refractivity contribution in [1.29, 1.82) is 0 Å². The summed E-state index contributed by atoms with van der Waals surface area (Å²) in [6, 6.07) is -0.808. The fourth-order valence-corrected chi connectivity index (χ4v) is 8.74. The molecule has 14 heteroatoms. The van der Waals surface area contributed by atoms with Crippen LogP contribution in [0.3, 0.4) is 0 Å². The number of carbonyl (C=O) groups is 1. The van der Waals surface area contributed by atoms with Crippen LogP contribution in [0.15, 0.2) is 0 Å². The van der Waals surface area contributed by atoms with Crippen LogP contribution in [0.2, 0.25) is 0 Å². The van der Waals surface area contributed by atoms with Crippen molar-refractivity contribution >= 4 is 5.97 Å². The molecule has 3 saturated heterocycles. The molecule has 3 rings (SSSR count). The Bertz CT molecular complexity index is 1140. The Morgan fingerprint density at radius 2 is 1.56 bits per heavy atom. The smallest absolute Gasteiger partial charge is 0.311 e. The van der Waals surface area contributed by atoms with Crippen molar-refractivity contribution < 1.29 is 58.7 Å². The third kappa shape index (κ3) is 10.0. The van der Waals surface area contributed by atoms with Crippen molar-refractivity contribution in [2.75, 3.05) is 34.8 Å². The van der Waals surface area contributed by atoms with Gasteiger partial charge in [-0.2, -0.15) is 0 Å². The predicted octanol–water partition coefficient (Wildman–Crippen LogP) is 1.90. The molecule has 0 aromatic rings. The summed E-state index contributed by atoms with van der Waals surface area (Å²) in [5, 5.41) is 58.1. The molecule has 0 amide bonds. The largest absolute Gasteiger partial charge is 0.459 e. The highest BCUT2D eigenvalue weighted by Gasteiger charge is 2.52. The molecule has 52 heavy (non-hydrogen) atoms. The van der Waals surface area contributed by atoms with Crippen molar-refractivity contribution in [2.45, 2.75) is 185 Å². The number of methoxy groups -OCH3 is 1. The van der Waals surface area contributed by atoms with E-state index in [1.165, 1.54) is 14.0 Å². The van der Waals surface area contributed by atoms with E-state index in [-0.39, 0.29) is 37.3 Å². The highest BCUT2D eigenvalue weighted by Crippen LogP contribution is 2.40. The summed E-state index contributed by atoms with van der Waals surface area (Å²) in [5.41, 5.74) is -4.37. The van der Waals surface area contributed by atoms with Gasteiger partial charge in [0.2, 0.25) is 0 Å². The number of aliphatic hydroxyl groups is 5. The first-order valence-corrected chi connectivity index (χ1v) is 19.1. The molecule has 3 aliphatic rings. The molecule has 0 radical (unpaired) electrons.